The molecule has 4 rings (SSSR count). The lowest BCUT2D eigenvalue weighted by Gasteiger charge is -2.51. The van der Waals surface area contributed by atoms with Crippen molar-refractivity contribution >= 4 is 35.2 Å². The van der Waals surface area contributed by atoms with Gasteiger partial charge in [0.25, 0.3) is 0 Å². The van der Waals surface area contributed by atoms with Crippen LogP contribution in [-0.2, 0) is 27.1 Å². The van der Waals surface area contributed by atoms with Gasteiger partial charge >= 0.3 is 12.3 Å². The first-order valence-corrected chi connectivity index (χ1v) is 15.3. The van der Waals surface area contributed by atoms with Gasteiger partial charge in [0.05, 0.1) is 22.9 Å². The first-order valence-electron chi connectivity index (χ1n) is 14.9. The molecule has 9 nitrogen and oxygen atoms in total. The minimum Gasteiger partial charge on any atom is -0.445 e. The normalized spacial score (nSPS) is 18.7. The monoisotopic (exact) mass is 637 g/mol. The largest absolute Gasteiger partial charge is 0.445 e. The molecule has 2 aliphatic rings. The highest BCUT2D eigenvalue weighted by Gasteiger charge is 2.53. The zero-order valence-electron chi connectivity index (χ0n) is 24.7. The highest BCUT2D eigenvalue weighted by molar-refractivity contribution is 6.33. The van der Waals surface area contributed by atoms with Gasteiger partial charge in [-0.25, -0.2) is 4.79 Å². The number of benzene rings is 2. The summed E-state index contributed by atoms with van der Waals surface area (Å²) in [6.07, 6.45) is -1.78. The predicted octanol–water partition coefficient (Wildman–Crippen LogP) is 5.40. The Morgan fingerprint density at radius 2 is 1.84 bits per heavy atom. The molecule has 0 bridgehead atoms. The Labute approximate surface area is 260 Å². The number of amides is 3. The minimum atomic E-state index is -4.48. The lowest BCUT2D eigenvalue weighted by atomic mass is 9.81. The summed E-state index contributed by atoms with van der Waals surface area (Å²) in [7, 11) is 0. The molecule has 1 spiro atoms. The van der Waals surface area contributed by atoms with Gasteiger partial charge in [0.2, 0.25) is 11.8 Å². The molecular weight excluding hydrogens is 599 g/mol. The number of likely N-dealkylation sites (tertiary alicyclic amines) is 1. The molecule has 1 atom stereocenters. The van der Waals surface area contributed by atoms with Crippen molar-refractivity contribution in [1.29, 1.82) is 0 Å². The molecule has 3 amide bonds. The van der Waals surface area contributed by atoms with E-state index in [1.807, 2.05) is 42.2 Å². The topological polar surface area (TPSA) is 103 Å². The zero-order chi connectivity index (χ0) is 31.7. The van der Waals surface area contributed by atoms with Gasteiger partial charge in [-0.05, 0) is 62.3 Å². The number of anilines is 1. The molecule has 2 heterocycles. The Balaban J connectivity index is 1.24. The van der Waals surface area contributed by atoms with Crippen LogP contribution in [0, 0.1) is 0 Å². The zero-order valence-corrected chi connectivity index (χ0v) is 25.5. The summed E-state index contributed by atoms with van der Waals surface area (Å²) < 4.78 is 44.6. The number of carbonyl (C=O) groups excluding carboxylic acids is 3. The fraction of sp³-hybridized carbons (Fsp3) is 0.516. The molecule has 2 aliphatic heterocycles. The van der Waals surface area contributed by atoms with Crippen molar-refractivity contribution in [2.45, 2.75) is 69.8 Å². The number of halogens is 4. The van der Waals surface area contributed by atoms with Crippen LogP contribution < -0.4 is 16.0 Å². The summed E-state index contributed by atoms with van der Waals surface area (Å²) in [6, 6.07) is 11.9. The van der Waals surface area contributed by atoms with Crippen molar-refractivity contribution < 1.29 is 32.3 Å². The van der Waals surface area contributed by atoms with E-state index in [-0.39, 0.29) is 35.8 Å². The van der Waals surface area contributed by atoms with Gasteiger partial charge in [0.1, 0.15) is 18.2 Å². The number of nitrogens with one attached hydrogen (secondary N) is 3. The lowest BCUT2D eigenvalue weighted by Crippen LogP contribution is -2.73. The number of rotatable bonds is 12. The molecule has 3 N–H and O–H groups in total. The first kappa shape index (κ1) is 33.4. The fourth-order valence-corrected chi connectivity index (χ4v) is 5.85. The molecule has 2 aromatic carbocycles. The summed E-state index contributed by atoms with van der Waals surface area (Å²) in [5.74, 6) is -0.282. The summed E-state index contributed by atoms with van der Waals surface area (Å²) in [6.45, 7) is 4.18. The van der Waals surface area contributed by atoms with E-state index in [2.05, 4.69) is 16.0 Å². The standard InChI is InChI=1S/C31H39ClF3N5O4/c1-2-16-40-27(41)25(10-6-7-15-36-29(43)44-20-22-8-4-3-5-9-22)38-28(42)30(40)13-17-39(18-14-30)21-37-26-19-23(31(33,34)35)11-12-24(26)32/h3-5,8-9,11-12,19,25,37H,2,6-7,10,13-18,20-21H2,1H3,(H,36,43)(H,38,42)/t25-/m0/s1. The molecule has 2 fully saturated rings. The van der Waals surface area contributed by atoms with Crippen molar-refractivity contribution in [1.82, 2.24) is 20.4 Å². The van der Waals surface area contributed by atoms with Gasteiger partial charge < -0.3 is 25.6 Å². The van der Waals surface area contributed by atoms with Gasteiger partial charge in [0, 0.05) is 26.2 Å². The van der Waals surface area contributed by atoms with Gasteiger partial charge in [0.15, 0.2) is 0 Å². The molecule has 0 aromatic heterocycles. The number of ether oxygens (including phenoxy) is 1. The van der Waals surface area contributed by atoms with Crippen LogP contribution in [-0.4, -0.2) is 72.1 Å². The van der Waals surface area contributed by atoms with E-state index in [0.717, 1.165) is 17.7 Å². The molecular formula is C31H39ClF3N5O4. The number of unbranched alkanes of at least 4 members (excludes halogenated alkanes) is 1. The van der Waals surface area contributed by atoms with Crippen molar-refractivity contribution in [3.8, 4) is 0 Å². The lowest BCUT2D eigenvalue weighted by molar-refractivity contribution is -0.161. The summed E-state index contributed by atoms with van der Waals surface area (Å²) in [5, 5.41) is 8.83. The van der Waals surface area contributed by atoms with Gasteiger partial charge in [-0.2, -0.15) is 13.2 Å². The van der Waals surface area contributed by atoms with Crippen molar-refractivity contribution in [3.05, 3.63) is 64.7 Å². The molecule has 2 saturated heterocycles. The van der Waals surface area contributed by atoms with E-state index < -0.39 is 29.4 Å². The van der Waals surface area contributed by atoms with Crippen LogP contribution >= 0.6 is 11.6 Å². The van der Waals surface area contributed by atoms with E-state index in [1.165, 1.54) is 6.07 Å². The van der Waals surface area contributed by atoms with Crippen molar-refractivity contribution in [3.63, 3.8) is 0 Å². The molecule has 0 saturated carbocycles. The van der Waals surface area contributed by atoms with E-state index in [0.29, 0.717) is 64.7 Å². The average molecular weight is 638 g/mol. The number of carbonyl (C=O) groups is 3. The third kappa shape index (κ3) is 8.35. The van der Waals surface area contributed by atoms with Crippen LogP contribution in [0.4, 0.5) is 23.7 Å². The maximum atomic E-state index is 13.6. The van der Waals surface area contributed by atoms with Crippen LogP contribution in [0.1, 0.15) is 56.6 Å². The number of alkyl carbamates (subject to hydrolysis) is 1. The molecule has 0 radical (unpaired) electrons. The molecule has 2 aromatic rings. The second-order valence-corrected chi connectivity index (χ2v) is 11.6. The minimum absolute atomic E-state index is 0.107. The SMILES string of the molecule is CCCN1C(=O)[C@H](CCCCNC(=O)OCc2ccccc2)NC(=O)C12CCN(CNc1cc(C(F)(F)F)ccc1Cl)CC2. The predicted molar refractivity (Wildman–Crippen MR) is 161 cm³/mol. The highest BCUT2D eigenvalue weighted by atomic mass is 35.5. The van der Waals surface area contributed by atoms with E-state index in [1.54, 1.807) is 4.90 Å². The Morgan fingerprint density at radius 3 is 2.52 bits per heavy atom. The number of nitrogens with zero attached hydrogens (tertiary/aromatic N) is 2. The molecule has 0 unspecified atom stereocenters. The van der Waals surface area contributed by atoms with E-state index >= 15 is 0 Å². The second-order valence-electron chi connectivity index (χ2n) is 11.2. The average Bonchev–Trinajstić information content (AvgIpc) is 3.00. The maximum Gasteiger partial charge on any atom is 0.416 e. The molecule has 0 aliphatic carbocycles. The number of piperazine rings is 1. The van der Waals surface area contributed by atoms with Gasteiger partial charge in [-0.1, -0.05) is 48.9 Å². The van der Waals surface area contributed by atoms with Crippen LogP contribution in [0.3, 0.4) is 0 Å². The fourth-order valence-electron chi connectivity index (χ4n) is 5.67. The number of hydrogen-bond donors (Lipinski definition) is 3. The van der Waals surface area contributed by atoms with E-state index in [9.17, 15) is 27.6 Å². The summed E-state index contributed by atoms with van der Waals surface area (Å²) >= 11 is 6.12. The second kappa shape index (κ2) is 15.0. The van der Waals surface area contributed by atoms with Gasteiger partial charge in [-0.15, -0.1) is 0 Å². The molecule has 13 heteroatoms. The van der Waals surface area contributed by atoms with Crippen molar-refractivity contribution in [2.75, 3.05) is 38.2 Å². The number of hydrogen-bond acceptors (Lipinski definition) is 6. The Hall–Kier alpha value is -3.51. The highest BCUT2D eigenvalue weighted by Crippen LogP contribution is 2.36. The van der Waals surface area contributed by atoms with Gasteiger partial charge in [-0.3, -0.25) is 14.5 Å². The third-order valence-electron chi connectivity index (χ3n) is 8.13. The molecule has 240 valence electrons. The smallest absolute Gasteiger partial charge is 0.416 e. The number of alkyl halides is 3. The maximum absolute atomic E-state index is 13.6. The van der Waals surface area contributed by atoms with E-state index in [4.69, 9.17) is 16.3 Å². The molecule has 44 heavy (non-hydrogen) atoms. The Kier molecular flexibility index (Phi) is 11.4. The Morgan fingerprint density at radius 1 is 1.11 bits per heavy atom. The quantitative estimate of drug-likeness (QED) is 0.270. The first-order chi connectivity index (χ1) is 21.0. The summed E-state index contributed by atoms with van der Waals surface area (Å²) in [5.41, 5.74) is -0.673. The Bertz CT molecular complexity index is 1290. The van der Waals surface area contributed by atoms with Crippen LogP contribution in [0.5, 0.6) is 0 Å². The van der Waals surface area contributed by atoms with Crippen LogP contribution in [0.15, 0.2) is 48.5 Å². The third-order valence-corrected chi connectivity index (χ3v) is 8.46. The van der Waals surface area contributed by atoms with Crippen LogP contribution in [0.25, 0.3) is 0 Å². The summed E-state index contributed by atoms with van der Waals surface area (Å²) in [4.78, 5) is 42.7. The van der Waals surface area contributed by atoms with Crippen LogP contribution in [0.2, 0.25) is 5.02 Å². The number of piperidine rings is 1. The van der Waals surface area contributed by atoms with Crippen molar-refractivity contribution in [2.24, 2.45) is 0 Å².